The maximum atomic E-state index is 12.6. The number of sulfonamides is 1. The van der Waals surface area contributed by atoms with Gasteiger partial charge in [0.2, 0.25) is 5.13 Å². The smallest absolute Gasteiger partial charge is 0.263 e. The first-order valence-corrected chi connectivity index (χ1v) is 10.9. The van der Waals surface area contributed by atoms with Crippen LogP contribution in [-0.2, 0) is 17.1 Å². The van der Waals surface area contributed by atoms with E-state index in [1.807, 2.05) is 40.8 Å². The molecule has 0 unspecified atom stereocenters. The molecule has 4 aromatic rings. The van der Waals surface area contributed by atoms with Gasteiger partial charge in [0, 0.05) is 60.5 Å². The SMILES string of the molecule is Cn1cc(-c2ccn(C3CNC3)n2)c2ccc(S(=O)(=O)Nc3ncns3)cc21. The lowest BCUT2D eigenvalue weighted by Crippen LogP contribution is -2.43. The van der Waals surface area contributed by atoms with Crippen LogP contribution in [0.15, 0.2) is 47.9 Å². The van der Waals surface area contributed by atoms with E-state index in [0.717, 1.165) is 46.8 Å². The normalized spacial score (nSPS) is 15.0. The van der Waals surface area contributed by atoms with Gasteiger partial charge in [-0.2, -0.15) is 9.47 Å². The van der Waals surface area contributed by atoms with Gasteiger partial charge in [0.15, 0.2) is 0 Å². The van der Waals surface area contributed by atoms with E-state index in [9.17, 15) is 8.42 Å². The average Bonchev–Trinajstić information content (AvgIpc) is 3.34. The van der Waals surface area contributed by atoms with Gasteiger partial charge >= 0.3 is 0 Å². The van der Waals surface area contributed by atoms with E-state index in [1.54, 1.807) is 12.1 Å². The summed E-state index contributed by atoms with van der Waals surface area (Å²) in [6.45, 7) is 1.86. The number of nitrogens with zero attached hydrogens (tertiary/aromatic N) is 5. The molecule has 4 heterocycles. The van der Waals surface area contributed by atoms with Crippen molar-refractivity contribution < 1.29 is 8.42 Å². The highest BCUT2D eigenvalue weighted by Gasteiger charge is 2.22. The summed E-state index contributed by atoms with van der Waals surface area (Å²) in [6.07, 6.45) is 5.28. The van der Waals surface area contributed by atoms with E-state index in [2.05, 4.69) is 19.4 Å². The van der Waals surface area contributed by atoms with Crippen LogP contribution in [0.3, 0.4) is 0 Å². The lowest BCUT2D eigenvalue weighted by molar-refractivity contribution is 0.318. The second-order valence-electron chi connectivity index (χ2n) is 6.68. The topological polar surface area (TPSA) is 107 Å². The Morgan fingerprint density at radius 1 is 1.29 bits per heavy atom. The zero-order valence-electron chi connectivity index (χ0n) is 14.9. The van der Waals surface area contributed by atoms with Crippen molar-refractivity contribution >= 4 is 37.6 Å². The monoisotopic (exact) mass is 415 g/mol. The number of hydrogen-bond donors (Lipinski definition) is 2. The Morgan fingerprint density at radius 2 is 2.14 bits per heavy atom. The minimum atomic E-state index is -3.73. The summed E-state index contributed by atoms with van der Waals surface area (Å²) in [5.41, 5.74) is 2.67. The number of anilines is 1. The molecule has 0 bridgehead atoms. The maximum Gasteiger partial charge on any atom is 0.263 e. The molecule has 1 saturated heterocycles. The van der Waals surface area contributed by atoms with Gasteiger partial charge in [-0.05, 0) is 18.2 Å². The van der Waals surface area contributed by atoms with Crippen LogP contribution in [0.5, 0.6) is 0 Å². The summed E-state index contributed by atoms with van der Waals surface area (Å²) in [4.78, 5) is 4.05. The van der Waals surface area contributed by atoms with Crippen molar-refractivity contribution in [3.8, 4) is 11.3 Å². The highest BCUT2D eigenvalue weighted by Crippen LogP contribution is 2.31. The molecule has 144 valence electrons. The molecule has 0 aliphatic carbocycles. The van der Waals surface area contributed by atoms with E-state index in [1.165, 1.54) is 6.33 Å². The number of aromatic nitrogens is 5. The number of benzene rings is 1. The molecule has 5 rings (SSSR count). The zero-order valence-corrected chi connectivity index (χ0v) is 16.5. The van der Waals surface area contributed by atoms with Crippen LogP contribution in [0.1, 0.15) is 6.04 Å². The first kappa shape index (κ1) is 17.3. The van der Waals surface area contributed by atoms with Crippen LogP contribution < -0.4 is 10.0 Å². The van der Waals surface area contributed by atoms with Crippen molar-refractivity contribution in [1.29, 1.82) is 0 Å². The number of fused-ring (bicyclic) bond motifs is 1. The summed E-state index contributed by atoms with van der Waals surface area (Å²) in [7, 11) is -1.84. The number of hydrogen-bond acceptors (Lipinski definition) is 7. The Morgan fingerprint density at radius 3 is 2.86 bits per heavy atom. The quantitative estimate of drug-likeness (QED) is 0.515. The number of nitrogens with one attached hydrogen (secondary N) is 2. The van der Waals surface area contributed by atoms with E-state index >= 15 is 0 Å². The number of aryl methyl sites for hydroxylation is 1. The fourth-order valence-corrected chi connectivity index (χ4v) is 4.95. The molecule has 1 fully saturated rings. The summed E-state index contributed by atoms with van der Waals surface area (Å²) in [5.74, 6) is 0. The molecule has 1 aliphatic heterocycles. The van der Waals surface area contributed by atoms with Crippen LogP contribution >= 0.6 is 11.5 Å². The molecule has 0 atom stereocenters. The van der Waals surface area contributed by atoms with Crippen molar-refractivity contribution in [2.24, 2.45) is 7.05 Å². The van der Waals surface area contributed by atoms with Crippen LogP contribution in [-0.4, -0.2) is 45.2 Å². The van der Waals surface area contributed by atoms with Crippen molar-refractivity contribution in [2.45, 2.75) is 10.9 Å². The minimum Gasteiger partial charge on any atom is -0.350 e. The third kappa shape index (κ3) is 2.87. The molecule has 28 heavy (non-hydrogen) atoms. The second kappa shape index (κ2) is 6.40. The fourth-order valence-electron chi connectivity index (χ4n) is 3.27. The van der Waals surface area contributed by atoms with E-state index in [4.69, 9.17) is 5.10 Å². The van der Waals surface area contributed by atoms with Gasteiger partial charge in [0.05, 0.1) is 16.6 Å². The summed E-state index contributed by atoms with van der Waals surface area (Å²) in [5, 5.41) is 9.14. The molecule has 3 aromatic heterocycles. The van der Waals surface area contributed by atoms with Gasteiger partial charge in [-0.25, -0.2) is 13.4 Å². The Kier molecular flexibility index (Phi) is 3.96. The van der Waals surface area contributed by atoms with Gasteiger partial charge in [-0.1, -0.05) is 6.07 Å². The number of rotatable bonds is 5. The van der Waals surface area contributed by atoms with E-state index in [-0.39, 0.29) is 10.0 Å². The molecular weight excluding hydrogens is 398 g/mol. The Hall–Kier alpha value is -2.76. The van der Waals surface area contributed by atoms with Gasteiger partial charge in [0.25, 0.3) is 10.0 Å². The van der Waals surface area contributed by atoms with Crippen LogP contribution in [0, 0.1) is 0 Å². The van der Waals surface area contributed by atoms with Crippen molar-refractivity contribution in [3.05, 3.63) is 43.0 Å². The first-order valence-electron chi connectivity index (χ1n) is 8.66. The first-order chi connectivity index (χ1) is 13.5. The van der Waals surface area contributed by atoms with Crippen LogP contribution in [0.4, 0.5) is 5.13 Å². The largest absolute Gasteiger partial charge is 0.350 e. The minimum absolute atomic E-state index is 0.175. The maximum absolute atomic E-state index is 12.6. The molecule has 0 saturated carbocycles. The summed E-state index contributed by atoms with van der Waals surface area (Å²) >= 11 is 0.992. The molecule has 0 radical (unpaired) electrons. The Labute approximate surface area is 165 Å². The van der Waals surface area contributed by atoms with Gasteiger partial charge < -0.3 is 9.88 Å². The Balaban J connectivity index is 1.53. The molecular formula is C17H17N7O2S2. The molecule has 11 heteroatoms. The molecule has 1 aliphatic rings. The highest BCUT2D eigenvalue weighted by atomic mass is 32.2. The second-order valence-corrected chi connectivity index (χ2v) is 9.14. The van der Waals surface area contributed by atoms with Gasteiger partial charge in [0.1, 0.15) is 6.33 Å². The van der Waals surface area contributed by atoms with Gasteiger partial charge in [-0.15, -0.1) is 0 Å². The lowest BCUT2D eigenvalue weighted by Gasteiger charge is -2.27. The predicted molar refractivity (Wildman–Crippen MR) is 107 cm³/mol. The van der Waals surface area contributed by atoms with E-state index in [0.29, 0.717) is 6.04 Å². The summed E-state index contributed by atoms with van der Waals surface area (Å²) in [6, 6.07) is 7.47. The lowest BCUT2D eigenvalue weighted by atomic mass is 10.1. The van der Waals surface area contributed by atoms with Crippen molar-refractivity contribution in [1.82, 2.24) is 29.0 Å². The average molecular weight is 416 g/mol. The molecule has 0 spiro atoms. The summed E-state index contributed by atoms with van der Waals surface area (Å²) < 4.78 is 35.5. The highest BCUT2D eigenvalue weighted by molar-refractivity contribution is 7.93. The van der Waals surface area contributed by atoms with Crippen molar-refractivity contribution in [3.63, 3.8) is 0 Å². The van der Waals surface area contributed by atoms with Crippen molar-refractivity contribution in [2.75, 3.05) is 17.8 Å². The zero-order chi connectivity index (χ0) is 19.3. The molecule has 1 aromatic carbocycles. The molecule has 0 amide bonds. The third-order valence-corrected chi connectivity index (χ3v) is 6.92. The standard InChI is InChI=1S/C17H17N7O2S2/c1-23-9-14(15-4-5-24(21-15)11-7-18-8-11)13-3-2-12(6-16(13)23)28(25,26)22-17-19-10-20-27-17/h2-6,9-11,18H,7-8H2,1H3,(H,19,20,22). The van der Waals surface area contributed by atoms with Gasteiger partial charge in [-0.3, -0.25) is 9.40 Å². The Bertz CT molecular complexity index is 1250. The predicted octanol–water partition coefficient (Wildman–Crippen LogP) is 1.84. The molecule has 9 nitrogen and oxygen atoms in total. The van der Waals surface area contributed by atoms with E-state index < -0.39 is 10.0 Å². The fraction of sp³-hybridized carbons (Fsp3) is 0.235. The molecule has 2 N–H and O–H groups in total. The third-order valence-electron chi connectivity index (χ3n) is 4.87. The van der Waals surface area contributed by atoms with Crippen LogP contribution in [0.25, 0.3) is 22.2 Å². The van der Waals surface area contributed by atoms with Crippen LogP contribution in [0.2, 0.25) is 0 Å².